The Labute approximate surface area is 141 Å². The maximum atomic E-state index is 14.3. The summed E-state index contributed by atoms with van der Waals surface area (Å²) in [6.45, 7) is 6.96. The van der Waals surface area contributed by atoms with Crippen LogP contribution in [0, 0.1) is 5.82 Å². The SMILES string of the molecule is CCN1CCN(C2=Nc3c(F)cccc3Oc3ccccc32)CC1. The fourth-order valence-electron chi connectivity index (χ4n) is 3.23. The van der Waals surface area contributed by atoms with E-state index in [0.717, 1.165) is 49.9 Å². The van der Waals surface area contributed by atoms with Crippen LogP contribution in [-0.4, -0.2) is 48.4 Å². The highest BCUT2D eigenvalue weighted by Crippen LogP contribution is 2.39. The lowest BCUT2D eigenvalue weighted by atomic mass is 10.1. The number of nitrogens with zero attached hydrogens (tertiary/aromatic N) is 3. The molecular formula is C19H20FN3O. The third-order valence-electron chi connectivity index (χ3n) is 4.63. The average molecular weight is 325 g/mol. The molecule has 4 rings (SSSR count). The molecule has 4 nitrogen and oxygen atoms in total. The van der Waals surface area contributed by atoms with E-state index in [1.165, 1.54) is 6.07 Å². The number of benzene rings is 2. The molecule has 0 atom stereocenters. The molecule has 0 aliphatic carbocycles. The normalized spacial score (nSPS) is 17.4. The van der Waals surface area contributed by atoms with Crippen LogP contribution in [0.1, 0.15) is 12.5 Å². The van der Waals surface area contributed by atoms with Crippen molar-refractivity contribution in [2.45, 2.75) is 6.92 Å². The third kappa shape index (κ3) is 2.65. The van der Waals surface area contributed by atoms with E-state index in [-0.39, 0.29) is 11.5 Å². The van der Waals surface area contributed by atoms with Crippen molar-refractivity contribution in [1.82, 2.24) is 9.80 Å². The summed E-state index contributed by atoms with van der Waals surface area (Å²) >= 11 is 0. The second-order valence-electron chi connectivity index (χ2n) is 6.04. The quantitative estimate of drug-likeness (QED) is 0.801. The van der Waals surface area contributed by atoms with Gasteiger partial charge < -0.3 is 14.5 Å². The Kier molecular flexibility index (Phi) is 3.94. The van der Waals surface area contributed by atoms with Crippen molar-refractivity contribution in [3.63, 3.8) is 0 Å². The molecule has 124 valence electrons. The first-order valence-electron chi connectivity index (χ1n) is 8.38. The van der Waals surface area contributed by atoms with Gasteiger partial charge in [0.05, 0.1) is 5.56 Å². The zero-order chi connectivity index (χ0) is 16.5. The van der Waals surface area contributed by atoms with E-state index in [2.05, 4.69) is 21.7 Å². The van der Waals surface area contributed by atoms with E-state index >= 15 is 0 Å². The molecule has 5 heteroatoms. The average Bonchev–Trinajstić information content (AvgIpc) is 2.79. The molecule has 2 heterocycles. The van der Waals surface area contributed by atoms with Crippen LogP contribution in [0.2, 0.25) is 0 Å². The molecule has 0 N–H and O–H groups in total. The number of halogens is 1. The molecule has 2 aliphatic heterocycles. The highest BCUT2D eigenvalue weighted by molar-refractivity contribution is 6.03. The lowest BCUT2D eigenvalue weighted by Gasteiger charge is -2.36. The number of hydrogen-bond acceptors (Lipinski definition) is 4. The first kappa shape index (κ1) is 15.1. The Morgan fingerprint density at radius 2 is 1.75 bits per heavy atom. The summed E-state index contributed by atoms with van der Waals surface area (Å²) in [4.78, 5) is 9.32. The topological polar surface area (TPSA) is 28.1 Å². The predicted octanol–water partition coefficient (Wildman–Crippen LogP) is 3.65. The molecule has 24 heavy (non-hydrogen) atoms. The van der Waals surface area contributed by atoms with Crippen molar-refractivity contribution in [2.75, 3.05) is 32.7 Å². The molecule has 1 saturated heterocycles. The smallest absolute Gasteiger partial charge is 0.156 e. The molecule has 0 saturated carbocycles. The zero-order valence-corrected chi connectivity index (χ0v) is 13.7. The Hall–Kier alpha value is -2.40. The molecule has 2 aliphatic rings. The summed E-state index contributed by atoms with van der Waals surface area (Å²) in [5, 5.41) is 0. The van der Waals surface area contributed by atoms with E-state index in [4.69, 9.17) is 4.74 Å². The van der Waals surface area contributed by atoms with E-state index in [1.54, 1.807) is 12.1 Å². The number of rotatable bonds is 1. The van der Waals surface area contributed by atoms with Crippen LogP contribution in [0.15, 0.2) is 47.5 Å². The first-order chi connectivity index (χ1) is 11.8. The van der Waals surface area contributed by atoms with Crippen molar-refractivity contribution in [3.8, 4) is 11.5 Å². The number of para-hydroxylation sites is 2. The van der Waals surface area contributed by atoms with Crippen molar-refractivity contribution < 1.29 is 9.13 Å². The highest BCUT2D eigenvalue weighted by atomic mass is 19.1. The van der Waals surface area contributed by atoms with Crippen molar-refractivity contribution in [1.29, 1.82) is 0 Å². The summed E-state index contributed by atoms with van der Waals surface area (Å²) in [5.74, 6) is 1.62. The Morgan fingerprint density at radius 3 is 2.54 bits per heavy atom. The van der Waals surface area contributed by atoms with Gasteiger partial charge in [0.2, 0.25) is 0 Å². The Balaban J connectivity index is 1.79. The minimum Gasteiger partial charge on any atom is -0.454 e. The molecule has 0 spiro atoms. The number of aliphatic imine (C=N–C) groups is 1. The Bertz CT molecular complexity index is 782. The van der Waals surface area contributed by atoms with Gasteiger partial charge in [-0.15, -0.1) is 0 Å². The third-order valence-corrected chi connectivity index (χ3v) is 4.63. The predicted molar refractivity (Wildman–Crippen MR) is 92.8 cm³/mol. The summed E-state index contributed by atoms with van der Waals surface area (Å²) < 4.78 is 20.3. The van der Waals surface area contributed by atoms with Crippen molar-refractivity contribution >= 4 is 11.5 Å². The highest BCUT2D eigenvalue weighted by Gasteiger charge is 2.26. The summed E-state index contributed by atoms with van der Waals surface area (Å²) in [7, 11) is 0. The standard InChI is InChI=1S/C19H20FN3O/c1-2-22-10-12-23(13-11-22)19-14-6-3-4-8-16(14)24-17-9-5-7-15(20)18(17)21-19/h3-9H,2,10-13H2,1H3. The van der Waals surface area contributed by atoms with Crippen molar-refractivity contribution in [2.24, 2.45) is 4.99 Å². The van der Waals surface area contributed by atoms with Gasteiger partial charge in [0.25, 0.3) is 0 Å². The number of likely N-dealkylation sites (N-methyl/N-ethyl adjacent to an activating group) is 1. The van der Waals surface area contributed by atoms with Crippen LogP contribution in [-0.2, 0) is 0 Å². The van der Waals surface area contributed by atoms with Crippen LogP contribution in [0.3, 0.4) is 0 Å². The molecular weight excluding hydrogens is 305 g/mol. The number of piperazine rings is 1. The van der Waals surface area contributed by atoms with Gasteiger partial charge in [-0.05, 0) is 30.8 Å². The molecule has 0 unspecified atom stereocenters. The fourth-order valence-corrected chi connectivity index (χ4v) is 3.23. The second kappa shape index (κ2) is 6.24. The molecule has 0 radical (unpaired) electrons. The number of hydrogen-bond donors (Lipinski definition) is 0. The van der Waals surface area contributed by atoms with Gasteiger partial charge >= 0.3 is 0 Å². The minimum atomic E-state index is -0.356. The maximum absolute atomic E-state index is 14.3. The molecule has 2 aromatic rings. The van der Waals surface area contributed by atoms with Gasteiger partial charge in [0, 0.05) is 26.2 Å². The molecule has 0 bridgehead atoms. The van der Waals surface area contributed by atoms with Crippen LogP contribution in [0.5, 0.6) is 11.5 Å². The molecule has 2 aromatic carbocycles. The summed E-state index contributed by atoms with van der Waals surface area (Å²) in [5.41, 5.74) is 1.19. The number of ether oxygens (including phenoxy) is 1. The van der Waals surface area contributed by atoms with E-state index in [9.17, 15) is 4.39 Å². The summed E-state index contributed by atoms with van der Waals surface area (Å²) in [6, 6.07) is 12.6. The zero-order valence-electron chi connectivity index (χ0n) is 13.7. The number of fused-ring (bicyclic) bond motifs is 2. The van der Waals surface area contributed by atoms with Crippen LogP contribution >= 0.6 is 0 Å². The first-order valence-corrected chi connectivity index (χ1v) is 8.38. The maximum Gasteiger partial charge on any atom is 0.156 e. The number of amidine groups is 1. The largest absolute Gasteiger partial charge is 0.454 e. The van der Waals surface area contributed by atoms with Gasteiger partial charge in [0.15, 0.2) is 11.6 Å². The van der Waals surface area contributed by atoms with E-state index < -0.39 is 0 Å². The van der Waals surface area contributed by atoms with Crippen LogP contribution in [0.25, 0.3) is 0 Å². The Morgan fingerprint density at radius 1 is 1.00 bits per heavy atom. The molecule has 1 fully saturated rings. The fraction of sp³-hybridized carbons (Fsp3) is 0.316. The van der Waals surface area contributed by atoms with Gasteiger partial charge in [-0.2, -0.15) is 0 Å². The minimum absolute atomic E-state index is 0.279. The van der Waals surface area contributed by atoms with Crippen molar-refractivity contribution in [3.05, 3.63) is 53.8 Å². The van der Waals surface area contributed by atoms with Crippen LogP contribution in [0.4, 0.5) is 10.1 Å². The van der Waals surface area contributed by atoms with Gasteiger partial charge in [-0.25, -0.2) is 9.38 Å². The van der Waals surface area contributed by atoms with Gasteiger partial charge in [0.1, 0.15) is 17.3 Å². The second-order valence-corrected chi connectivity index (χ2v) is 6.04. The van der Waals surface area contributed by atoms with E-state index in [1.807, 2.05) is 24.3 Å². The lowest BCUT2D eigenvalue weighted by molar-refractivity contribution is 0.190. The monoisotopic (exact) mass is 325 g/mol. The molecule has 0 aromatic heterocycles. The van der Waals surface area contributed by atoms with Gasteiger partial charge in [-0.3, -0.25) is 0 Å². The summed E-state index contributed by atoms with van der Waals surface area (Å²) in [6.07, 6.45) is 0. The van der Waals surface area contributed by atoms with E-state index in [0.29, 0.717) is 5.75 Å². The molecule has 0 amide bonds. The van der Waals surface area contributed by atoms with Crippen LogP contribution < -0.4 is 4.74 Å². The lowest BCUT2D eigenvalue weighted by Crippen LogP contribution is -2.48. The van der Waals surface area contributed by atoms with Gasteiger partial charge in [-0.1, -0.05) is 25.1 Å².